The minimum atomic E-state index is -4.34. The zero-order valence-corrected chi connectivity index (χ0v) is 14.0. The molecule has 1 saturated heterocycles. The predicted molar refractivity (Wildman–Crippen MR) is 88.9 cm³/mol. The van der Waals surface area contributed by atoms with Gasteiger partial charge in [0.1, 0.15) is 22.4 Å². The second-order valence-corrected chi connectivity index (χ2v) is 7.00. The van der Waals surface area contributed by atoms with Crippen molar-refractivity contribution >= 4 is 15.9 Å². The quantitative estimate of drug-likeness (QED) is 0.618. The fraction of sp³-hybridized carbons (Fsp3) is 0.235. The van der Waals surface area contributed by atoms with Gasteiger partial charge in [-0.05, 0) is 12.1 Å². The molecule has 0 bridgehead atoms. The SMILES string of the molecule is O=S(=O)(/N=C(\c1ccccc1)N1CCOCC1)c1ccc(F)cc1F. The predicted octanol–water partition coefficient (Wildman–Crippen LogP) is 2.43. The zero-order chi connectivity index (χ0) is 17.9. The van der Waals surface area contributed by atoms with E-state index >= 15 is 0 Å². The first-order chi connectivity index (χ1) is 12.0. The molecule has 0 aromatic heterocycles. The Hall–Kier alpha value is -2.32. The molecule has 0 unspecified atom stereocenters. The summed E-state index contributed by atoms with van der Waals surface area (Å²) in [6.07, 6.45) is 0. The first kappa shape index (κ1) is 17.5. The van der Waals surface area contributed by atoms with E-state index in [1.165, 1.54) is 0 Å². The molecule has 2 aromatic rings. The first-order valence-electron chi connectivity index (χ1n) is 7.65. The standard InChI is InChI=1S/C17H16F2N2O3S/c18-14-6-7-16(15(19)12-14)25(22,23)20-17(13-4-2-1-3-5-13)21-8-10-24-11-9-21/h1-7,12H,8-11H2/b20-17+. The highest BCUT2D eigenvalue weighted by molar-refractivity contribution is 7.90. The maximum absolute atomic E-state index is 13.9. The Morgan fingerprint density at radius 2 is 1.72 bits per heavy atom. The van der Waals surface area contributed by atoms with Gasteiger partial charge in [0.25, 0.3) is 10.0 Å². The van der Waals surface area contributed by atoms with Crippen LogP contribution < -0.4 is 0 Å². The van der Waals surface area contributed by atoms with Crippen molar-refractivity contribution in [3.8, 4) is 0 Å². The highest BCUT2D eigenvalue weighted by atomic mass is 32.2. The highest BCUT2D eigenvalue weighted by Gasteiger charge is 2.24. The number of morpholine rings is 1. The first-order valence-corrected chi connectivity index (χ1v) is 9.09. The average molecular weight is 366 g/mol. The molecule has 1 heterocycles. The lowest BCUT2D eigenvalue weighted by Crippen LogP contribution is -2.41. The number of nitrogens with zero attached hydrogens (tertiary/aromatic N) is 2. The summed E-state index contributed by atoms with van der Waals surface area (Å²) in [5.41, 5.74) is 0.593. The zero-order valence-electron chi connectivity index (χ0n) is 13.2. The van der Waals surface area contributed by atoms with Gasteiger partial charge in [0.2, 0.25) is 0 Å². The van der Waals surface area contributed by atoms with Gasteiger partial charge in [-0.15, -0.1) is 4.40 Å². The van der Waals surface area contributed by atoms with Gasteiger partial charge in [-0.2, -0.15) is 8.42 Å². The summed E-state index contributed by atoms with van der Waals surface area (Å²) in [5.74, 6) is -1.80. The van der Waals surface area contributed by atoms with Gasteiger partial charge >= 0.3 is 0 Å². The fourth-order valence-corrected chi connectivity index (χ4v) is 3.60. The minimum Gasteiger partial charge on any atom is -0.378 e. The molecule has 0 atom stereocenters. The van der Waals surface area contributed by atoms with Crippen molar-refractivity contribution in [2.24, 2.45) is 4.40 Å². The monoisotopic (exact) mass is 366 g/mol. The summed E-state index contributed by atoms with van der Waals surface area (Å²) in [5, 5.41) is 0. The van der Waals surface area contributed by atoms with E-state index in [-0.39, 0.29) is 5.84 Å². The number of ether oxygens (including phenoxy) is 1. The van der Waals surface area contributed by atoms with Crippen LogP contribution >= 0.6 is 0 Å². The van der Waals surface area contributed by atoms with Crippen LogP contribution in [0, 0.1) is 11.6 Å². The Labute approximate surface area is 144 Å². The van der Waals surface area contributed by atoms with Crippen LogP contribution in [0.25, 0.3) is 0 Å². The van der Waals surface area contributed by atoms with Gasteiger partial charge in [-0.3, -0.25) is 0 Å². The van der Waals surface area contributed by atoms with E-state index < -0.39 is 26.6 Å². The lowest BCUT2D eigenvalue weighted by Gasteiger charge is -2.29. The molecule has 2 aromatic carbocycles. The van der Waals surface area contributed by atoms with Crippen molar-refractivity contribution in [1.29, 1.82) is 0 Å². The van der Waals surface area contributed by atoms with E-state index in [4.69, 9.17) is 4.74 Å². The van der Waals surface area contributed by atoms with Crippen molar-refractivity contribution in [2.75, 3.05) is 26.3 Å². The van der Waals surface area contributed by atoms with E-state index in [9.17, 15) is 17.2 Å². The molecule has 5 nitrogen and oxygen atoms in total. The summed E-state index contributed by atoms with van der Waals surface area (Å²) in [4.78, 5) is 1.12. The van der Waals surface area contributed by atoms with Crippen LogP contribution in [-0.4, -0.2) is 45.5 Å². The number of sulfonamides is 1. The average Bonchev–Trinajstić information content (AvgIpc) is 2.61. The van der Waals surface area contributed by atoms with Crippen LogP contribution in [0.5, 0.6) is 0 Å². The lowest BCUT2D eigenvalue weighted by atomic mass is 10.2. The molecular weight excluding hydrogens is 350 g/mol. The minimum absolute atomic E-state index is 0.215. The van der Waals surface area contributed by atoms with E-state index in [1.807, 2.05) is 0 Å². The normalized spacial score (nSPS) is 16.1. The Morgan fingerprint density at radius 1 is 1.04 bits per heavy atom. The van der Waals surface area contributed by atoms with E-state index in [1.54, 1.807) is 35.2 Å². The summed E-state index contributed by atoms with van der Waals surface area (Å²) < 4.78 is 61.3. The Morgan fingerprint density at radius 3 is 2.36 bits per heavy atom. The molecule has 25 heavy (non-hydrogen) atoms. The fourth-order valence-electron chi connectivity index (χ4n) is 2.50. The van der Waals surface area contributed by atoms with E-state index in [2.05, 4.69) is 4.40 Å². The second-order valence-electron chi connectivity index (χ2n) is 5.43. The van der Waals surface area contributed by atoms with Crippen LogP contribution in [0.1, 0.15) is 5.56 Å². The van der Waals surface area contributed by atoms with E-state index in [0.29, 0.717) is 37.9 Å². The van der Waals surface area contributed by atoms with Crippen LogP contribution in [-0.2, 0) is 14.8 Å². The van der Waals surface area contributed by atoms with Gasteiger partial charge < -0.3 is 9.64 Å². The Kier molecular flexibility index (Phi) is 5.10. The van der Waals surface area contributed by atoms with Gasteiger partial charge in [0, 0.05) is 24.7 Å². The van der Waals surface area contributed by atoms with Crippen molar-refractivity contribution < 1.29 is 21.9 Å². The molecule has 3 rings (SSSR count). The molecule has 1 fully saturated rings. The largest absolute Gasteiger partial charge is 0.378 e. The van der Waals surface area contributed by atoms with Crippen molar-refractivity contribution in [1.82, 2.24) is 4.90 Å². The number of hydrogen-bond acceptors (Lipinski definition) is 3. The highest BCUT2D eigenvalue weighted by Crippen LogP contribution is 2.20. The molecule has 132 valence electrons. The molecule has 0 aliphatic carbocycles. The number of hydrogen-bond donors (Lipinski definition) is 0. The molecule has 0 amide bonds. The van der Waals surface area contributed by atoms with Gasteiger partial charge in [0.05, 0.1) is 13.2 Å². The number of rotatable bonds is 3. The summed E-state index contributed by atoms with van der Waals surface area (Å²) in [7, 11) is -4.34. The molecule has 8 heteroatoms. The molecule has 0 saturated carbocycles. The topological polar surface area (TPSA) is 59.0 Å². The van der Waals surface area contributed by atoms with Gasteiger partial charge in [-0.25, -0.2) is 8.78 Å². The number of benzene rings is 2. The maximum Gasteiger partial charge on any atom is 0.287 e. The Bertz CT molecular complexity index is 880. The second kappa shape index (κ2) is 7.28. The molecular formula is C17H16F2N2O3S. The van der Waals surface area contributed by atoms with Gasteiger partial charge in [0.15, 0.2) is 0 Å². The van der Waals surface area contributed by atoms with E-state index in [0.717, 1.165) is 12.1 Å². The summed E-state index contributed by atoms with van der Waals surface area (Å²) in [6.45, 7) is 1.82. The van der Waals surface area contributed by atoms with Crippen molar-refractivity contribution in [2.45, 2.75) is 4.90 Å². The third-order valence-corrected chi connectivity index (χ3v) is 5.02. The van der Waals surface area contributed by atoms with Gasteiger partial charge in [-0.1, -0.05) is 30.3 Å². The Balaban J connectivity index is 2.08. The van der Waals surface area contributed by atoms with Crippen LogP contribution in [0.15, 0.2) is 57.8 Å². The number of amidine groups is 1. The lowest BCUT2D eigenvalue weighted by molar-refractivity contribution is 0.0683. The third kappa shape index (κ3) is 4.02. The molecule has 0 radical (unpaired) electrons. The smallest absolute Gasteiger partial charge is 0.287 e. The molecule has 1 aliphatic rings. The van der Waals surface area contributed by atoms with Crippen LogP contribution in [0.2, 0.25) is 0 Å². The molecule has 0 spiro atoms. The molecule has 1 aliphatic heterocycles. The number of halogens is 2. The van der Waals surface area contributed by atoms with Crippen molar-refractivity contribution in [3.63, 3.8) is 0 Å². The maximum atomic E-state index is 13.9. The van der Waals surface area contributed by atoms with Crippen molar-refractivity contribution in [3.05, 3.63) is 65.7 Å². The third-order valence-electron chi connectivity index (χ3n) is 3.72. The summed E-state index contributed by atoms with van der Waals surface area (Å²) in [6, 6.07) is 11.1. The van der Waals surface area contributed by atoms with Crippen LogP contribution in [0.3, 0.4) is 0 Å². The van der Waals surface area contributed by atoms with Crippen LogP contribution in [0.4, 0.5) is 8.78 Å². The molecule has 0 N–H and O–H groups in total. The summed E-state index contributed by atoms with van der Waals surface area (Å²) >= 11 is 0.